The van der Waals surface area contributed by atoms with Gasteiger partial charge in [0.2, 0.25) is 0 Å². The van der Waals surface area contributed by atoms with Crippen molar-refractivity contribution in [2.75, 3.05) is 0 Å². The molecule has 244 valence electrons. The minimum atomic E-state index is 0.128. The molecule has 0 aliphatic carbocycles. The quantitative estimate of drug-likeness (QED) is 0.198. The number of rotatable bonds is 5. The number of phenols is 1. The van der Waals surface area contributed by atoms with Gasteiger partial charge in [0.1, 0.15) is 16.9 Å². The highest BCUT2D eigenvalue weighted by Gasteiger charge is 2.22. The monoisotopic (exact) mass is 667 g/mol. The second kappa shape index (κ2) is 12.0. The Balaban J connectivity index is 1.26. The molecule has 8 aromatic carbocycles. The van der Waals surface area contributed by atoms with E-state index in [4.69, 9.17) is 19.4 Å². The third kappa shape index (κ3) is 5.07. The van der Waals surface area contributed by atoms with Crippen molar-refractivity contribution in [3.8, 4) is 62.2 Å². The van der Waals surface area contributed by atoms with E-state index in [1.54, 1.807) is 0 Å². The second-order valence-corrected chi connectivity index (χ2v) is 13.0. The summed E-state index contributed by atoms with van der Waals surface area (Å²) in [5, 5.41) is 18.5. The van der Waals surface area contributed by atoms with Gasteiger partial charge in [0.25, 0.3) is 0 Å². The van der Waals surface area contributed by atoms with Gasteiger partial charge >= 0.3 is 0 Å². The summed E-state index contributed by atoms with van der Waals surface area (Å²) in [5.74, 6) is 1.68. The molecule has 10 rings (SSSR count). The summed E-state index contributed by atoms with van der Waals surface area (Å²) in [6, 6.07) is 57.0. The van der Waals surface area contributed by atoms with Crippen molar-refractivity contribution in [1.29, 1.82) is 0 Å². The lowest BCUT2D eigenvalue weighted by Crippen LogP contribution is -2.02. The zero-order valence-corrected chi connectivity index (χ0v) is 27.9. The Hall–Kier alpha value is -7.11. The largest absolute Gasteiger partial charge is 0.507 e. The lowest BCUT2D eigenvalue weighted by molar-refractivity contribution is 0.478. The standard InChI is InChI=1S/C47H29N3O2/c51-40-28-36(37-18-10-20-42-44(37)38-17-8-9-19-41(38)52-42)27-39(43(40)31-13-2-1-3-14-31)47-49-45(34-23-21-29-11-4-6-15-32(29)25-34)48-46(50-47)35-24-22-30-12-5-7-16-33(30)26-35/h1-28,51H. The molecular formula is C47H29N3O2. The van der Waals surface area contributed by atoms with E-state index in [9.17, 15) is 5.11 Å². The number of fused-ring (bicyclic) bond motifs is 5. The Morgan fingerprint density at radius 1 is 0.385 bits per heavy atom. The van der Waals surface area contributed by atoms with E-state index >= 15 is 0 Å². The first-order valence-corrected chi connectivity index (χ1v) is 17.2. The fourth-order valence-corrected chi connectivity index (χ4v) is 7.29. The molecule has 0 fully saturated rings. The Morgan fingerprint density at radius 3 is 1.65 bits per heavy atom. The molecule has 0 saturated carbocycles. The molecule has 5 nitrogen and oxygen atoms in total. The van der Waals surface area contributed by atoms with Crippen LogP contribution in [0, 0.1) is 0 Å². The van der Waals surface area contributed by atoms with Crippen molar-refractivity contribution < 1.29 is 9.52 Å². The van der Waals surface area contributed by atoms with Crippen molar-refractivity contribution in [2.45, 2.75) is 0 Å². The average molecular weight is 668 g/mol. The summed E-state index contributed by atoms with van der Waals surface area (Å²) in [6.45, 7) is 0. The van der Waals surface area contributed by atoms with Crippen LogP contribution in [0.3, 0.4) is 0 Å². The van der Waals surface area contributed by atoms with Crippen LogP contribution in [0.5, 0.6) is 5.75 Å². The molecule has 52 heavy (non-hydrogen) atoms. The number of furan rings is 1. The summed E-state index contributed by atoms with van der Waals surface area (Å²) < 4.78 is 6.25. The first-order chi connectivity index (χ1) is 25.7. The molecule has 5 heteroatoms. The maximum atomic E-state index is 12.0. The first-order valence-electron chi connectivity index (χ1n) is 17.2. The molecule has 0 radical (unpaired) electrons. The van der Waals surface area contributed by atoms with Gasteiger partial charge in [-0.25, -0.2) is 15.0 Å². The molecule has 0 aliphatic heterocycles. The Morgan fingerprint density at radius 2 is 0.962 bits per heavy atom. The van der Waals surface area contributed by atoms with Gasteiger partial charge in [-0.15, -0.1) is 0 Å². The molecule has 1 N–H and O–H groups in total. The molecule has 2 aromatic heterocycles. The van der Waals surface area contributed by atoms with Gasteiger partial charge in [0.05, 0.1) is 0 Å². The van der Waals surface area contributed by atoms with Crippen molar-refractivity contribution >= 4 is 43.5 Å². The SMILES string of the molecule is Oc1cc(-c2cccc3oc4ccccc4c23)cc(-c2nc(-c3ccc4ccccc4c3)nc(-c3ccc4ccccc4c3)n2)c1-c1ccccc1. The molecule has 0 unspecified atom stereocenters. The van der Waals surface area contributed by atoms with Crippen LogP contribution in [0.1, 0.15) is 0 Å². The summed E-state index contributed by atoms with van der Waals surface area (Å²) in [7, 11) is 0. The van der Waals surface area contributed by atoms with Gasteiger partial charge in [-0.3, -0.25) is 0 Å². The van der Waals surface area contributed by atoms with Crippen molar-refractivity contribution in [2.24, 2.45) is 0 Å². The van der Waals surface area contributed by atoms with E-state index < -0.39 is 0 Å². The lowest BCUT2D eigenvalue weighted by Gasteiger charge is -2.16. The molecule has 10 aromatic rings. The first kappa shape index (κ1) is 29.8. The highest BCUT2D eigenvalue weighted by atomic mass is 16.3. The third-order valence-corrected chi connectivity index (χ3v) is 9.79. The summed E-state index contributed by atoms with van der Waals surface area (Å²) in [5.41, 5.74) is 7.31. The Labute approximate surface area is 299 Å². The highest BCUT2D eigenvalue weighted by molar-refractivity contribution is 6.13. The van der Waals surface area contributed by atoms with Crippen LogP contribution in [0.15, 0.2) is 174 Å². The van der Waals surface area contributed by atoms with Gasteiger partial charge in [-0.05, 0) is 74.6 Å². The topological polar surface area (TPSA) is 72.0 Å². The Kier molecular flexibility index (Phi) is 6.89. The summed E-state index contributed by atoms with van der Waals surface area (Å²) in [4.78, 5) is 15.5. The lowest BCUT2D eigenvalue weighted by atomic mass is 9.91. The van der Waals surface area contributed by atoms with Crippen LogP contribution in [0.4, 0.5) is 0 Å². The number of aromatic hydroxyl groups is 1. The molecular weight excluding hydrogens is 639 g/mol. The predicted octanol–water partition coefficient (Wildman–Crippen LogP) is 12.1. The molecule has 0 bridgehead atoms. The number of para-hydroxylation sites is 1. The van der Waals surface area contributed by atoms with Crippen LogP contribution in [-0.2, 0) is 0 Å². The number of phenolic OH excluding ortho intramolecular Hbond substituents is 1. The van der Waals surface area contributed by atoms with Crippen LogP contribution in [-0.4, -0.2) is 20.1 Å². The predicted molar refractivity (Wildman–Crippen MR) is 211 cm³/mol. The molecule has 0 aliphatic rings. The van der Waals surface area contributed by atoms with Crippen molar-refractivity contribution in [1.82, 2.24) is 15.0 Å². The van der Waals surface area contributed by atoms with E-state index in [0.29, 0.717) is 28.6 Å². The van der Waals surface area contributed by atoms with Crippen LogP contribution in [0.2, 0.25) is 0 Å². The van der Waals surface area contributed by atoms with Gasteiger partial charge in [-0.1, -0.05) is 133 Å². The molecule has 0 amide bonds. The summed E-state index contributed by atoms with van der Waals surface area (Å²) in [6.07, 6.45) is 0. The molecule has 0 atom stereocenters. The third-order valence-electron chi connectivity index (χ3n) is 9.79. The fourth-order valence-electron chi connectivity index (χ4n) is 7.29. The molecule has 0 spiro atoms. The average Bonchev–Trinajstić information content (AvgIpc) is 3.59. The van der Waals surface area contributed by atoms with Crippen molar-refractivity contribution in [3.63, 3.8) is 0 Å². The fraction of sp³-hybridized carbons (Fsp3) is 0. The van der Waals surface area contributed by atoms with E-state index in [-0.39, 0.29) is 5.75 Å². The van der Waals surface area contributed by atoms with E-state index in [1.807, 2.05) is 91.0 Å². The number of aromatic nitrogens is 3. The zero-order valence-electron chi connectivity index (χ0n) is 27.9. The number of hydrogen-bond donors (Lipinski definition) is 1. The smallest absolute Gasteiger partial charge is 0.164 e. The Bertz CT molecular complexity index is 2890. The van der Waals surface area contributed by atoms with E-state index in [0.717, 1.165) is 71.3 Å². The van der Waals surface area contributed by atoms with E-state index in [2.05, 4.69) is 78.9 Å². The van der Waals surface area contributed by atoms with Crippen LogP contribution in [0.25, 0.3) is 99.9 Å². The number of nitrogens with zero attached hydrogens (tertiary/aromatic N) is 3. The van der Waals surface area contributed by atoms with Gasteiger partial charge in [0, 0.05) is 33.0 Å². The number of hydrogen-bond acceptors (Lipinski definition) is 5. The summed E-state index contributed by atoms with van der Waals surface area (Å²) >= 11 is 0. The van der Waals surface area contributed by atoms with Crippen LogP contribution < -0.4 is 0 Å². The highest BCUT2D eigenvalue weighted by Crippen LogP contribution is 2.44. The van der Waals surface area contributed by atoms with Gasteiger partial charge in [0.15, 0.2) is 17.5 Å². The van der Waals surface area contributed by atoms with Gasteiger partial charge < -0.3 is 9.52 Å². The van der Waals surface area contributed by atoms with E-state index in [1.165, 1.54) is 0 Å². The van der Waals surface area contributed by atoms with Crippen molar-refractivity contribution in [3.05, 3.63) is 170 Å². The second-order valence-electron chi connectivity index (χ2n) is 13.0. The number of benzene rings is 8. The molecule has 0 saturated heterocycles. The zero-order chi connectivity index (χ0) is 34.6. The minimum absolute atomic E-state index is 0.128. The van der Waals surface area contributed by atoms with Gasteiger partial charge in [-0.2, -0.15) is 0 Å². The normalized spacial score (nSPS) is 11.5. The molecule has 2 heterocycles. The van der Waals surface area contributed by atoms with Crippen LogP contribution >= 0.6 is 0 Å². The maximum Gasteiger partial charge on any atom is 0.164 e. The minimum Gasteiger partial charge on any atom is -0.507 e. The maximum absolute atomic E-state index is 12.0.